The van der Waals surface area contributed by atoms with Crippen molar-refractivity contribution in [1.82, 2.24) is 9.97 Å². The van der Waals surface area contributed by atoms with Gasteiger partial charge in [0.2, 0.25) is 5.88 Å². The summed E-state index contributed by atoms with van der Waals surface area (Å²) < 4.78 is 5.04. The lowest BCUT2D eigenvalue weighted by Crippen LogP contribution is -2.28. The van der Waals surface area contributed by atoms with E-state index >= 15 is 0 Å². The zero-order valence-corrected chi connectivity index (χ0v) is 16.3. The van der Waals surface area contributed by atoms with Gasteiger partial charge in [-0.3, -0.25) is 9.79 Å². The average molecular weight is 386 g/mol. The third-order valence-electron chi connectivity index (χ3n) is 4.35. The number of aliphatic imine (C=N–C) groups is 1. The third kappa shape index (κ3) is 4.13. The van der Waals surface area contributed by atoms with Gasteiger partial charge in [0, 0.05) is 18.5 Å². The molecule has 0 saturated carbocycles. The predicted molar refractivity (Wildman–Crippen MR) is 109 cm³/mol. The van der Waals surface area contributed by atoms with E-state index in [0.717, 1.165) is 17.7 Å². The lowest BCUT2D eigenvalue weighted by molar-refractivity contribution is 0.102. The minimum absolute atomic E-state index is 0.186. The number of ether oxygens (including phenoxy) is 1. The minimum atomic E-state index is -0.397. The first-order valence-electron chi connectivity index (χ1n) is 8.44. The molecule has 1 aromatic carbocycles. The smallest absolute Gasteiger partial charge is 0.278 e. The van der Waals surface area contributed by atoms with Gasteiger partial charge in [-0.1, -0.05) is 23.9 Å². The number of aromatic nitrogens is 2. The number of nitrogens with zero attached hydrogens (tertiary/aromatic N) is 3. The second-order valence-electron chi connectivity index (χ2n) is 6.22. The van der Waals surface area contributed by atoms with E-state index in [-0.39, 0.29) is 11.6 Å². The minimum Gasteiger partial charge on any atom is -0.480 e. The largest absolute Gasteiger partial charge is 0.480 e. The van der Waals surface area contributed by atoms with Crippen LogP contribution in [-0.2, 0) is 5.54 Å². The van der Waals surface area contributed by atoms with Gasteiger partial charge in [0.15, 0.2) is 16.7 Å². The number of thioether (sulfide) groups is 1. The SMILES string of the molecule is CNc1nc(OC)cnc1C(=O)Nc1cccc(C2(C)CCSC(N)=N2)c1. The normalized spacial score (nSPS) is 19.1. The van der Waals surface area contributed by atoms with Crippen LogP contribution >= 0.6 is 11.8 Å². The number of carbonyl (C=O) groups is 1. The topological polar surface area (TPSA) is 115 Å². The van der Waals surface area contributed by atoms with Crippen LogP contribution in [0.1, 0.15) is 29.4 Å². The fraction of sp³-hybridized carbons (Fsp3) is 0.333. The number of amides is 1. The molecule has 27 heavy (non-hydrogen) atoms. The van der Waals surface area contributed by atoms with Gasteiger partial charge in [-0.2, -0.15) is 4.98 Å². The van der Waals surface area contributed by atoms with Crippen molar-refractivity contribution < 1.29 is 9.53 Å². The molecule has 2 heterocycles. The molecule has 1 unspecified atom stereocenters. The van der Waals surface area contributed by atoms with Gasteiger partial charge in [-0.15, -0.1) is 0 Å². The van der Waals surface area contributed by atoms with Gasteiger partial charge >= 0.3 is 0 Å². The van der Waals surface area contributed by atoms with E-state index < -0.39 is 5.54 Å². The molecule has 0 spiro atoms. The second-order valence-corrected chi connectivity index (χ2v) is 7.33. The molecule has 3 rings (SSSR count). The molecule has 4 N–H and O–H groups in total. The fourth-order valence-corrected chi connectivity index (χ4v) is 3.80. The van der Waals surface area contributed by atoms with E-state index in [4.69, 9.17) is 10.5 Å². The highest BCUT2D eigenvalue weighted by atomic mass is 32.2. The molecule has 1 atom stereocenters. The number of nitrogens with one attached hydrogen (secondary N) is 2. The Hall–Kier alpha value is -2.81. The van der Waals surface area contributed by atoms with Crippen molar-refractivity contribution in [3.05, 3.63) is 41.7 Å². The highest BCUT2D eigenvalue weighted by molar-refractivity contribution is 8.13. The van der Waals surface area contributed by atoms with Crippen LogP contribution in [0.4, 0.5) is 11.5 Å². The van der Waals surface area contributed by atoms with Gasteiger partial charge in [-0.05, 0) is 31.0 Å². The van der Waals surface area contributed by atoms with E-state index in [1.165, 1.54) is 13.3 Å². The maximum absolute atomic E-state index is 12.7. The highest BCUT2D eigenvalue weighted by Gasteiger charge is 2.29. The third-order valence-corrected chi connectivity index (χ3v) is 5.14. The Morgan fingerprint density at radius 2 is 2.22 bits per heavy atom. The van der Waals surface area contributed by atoms with Gasteiger partial charge in [-0.25, -0.2) is 4.98 Å². The van der Waals surface area contributed by atoms with Crippen LogP contribution in [0, 0.1) is 0 Å². The number of carbonyl (C=O) groups excluding carboxylic acids is 1. The molecule has 0 radical (unpaired) electrons. The van der Waals surface area contributed by atoms with Crippen LogP contribution in [0.5, 0.6) is 5.88 Å². The standard InChI is InChI=1S/C18H22N6O2S/c1-18(7-8-27-17(19)24-18)11-5-4-6-12(9-11)22-16(25)14-15(20-2)23-13(26-3)10-21-14/h4-6,9-10H,7-8H2,1-3H3,(H2,19,24)(H,20,23)(H,22,25). The Kier molecular flexibility index (Phi) is 5.50. The van der Waals surface area contributed by atoms with Crippen molar-refractivity contribution in [1.29, 1.82) is 0 Å². The lowest BCUT2D eigenvalue weighted by atomic mass is 9.89. The number of hydrogen-bond donors (Lipinski definition) is 3. The summed E-state index contributed by atoms with van der Waals surface area (Å²) in [4.78, 5) is 25.6. The zero-order valence-electron chi connectivity index (χ0n) is 15.4. The van der Waals surface area contributed by atoms with E-state index in [0.29, 0.717) is 22.6 Å². The summed E-state index contributed by atoms with van der Waals surface area (Å²) in [6.45, 7) is 2.05. The summed E-state index contributed by atoms with van der Waals surface area (Å²) >= 11 is 1.56. The number of anilines is 2. The number of amidine groups is 1. The Morgan fingerprint density at radius 3 is 2.93 bits per heavy atom. The van der Waals surface area contributed by atoms with Gasteiger partial charge in [0.05, 0.1) is 18.8 Å². The van der Waals surface area contributed by atoms with Crippen molar-refractivity contribution in [2.24, 2.45) is 10.7 Å². The summed E-state index contributed by atoms with van der Waals surface area (Å²) in [7, 11) is 3.17. The summed E-state index contributed by atoms with van der Waals surface area (Å²) in [5, 5.41) is 6.32. The predicted octanol–water partition coefficient (Wildman–Crippen LogP) is 2.45. The second kappa shape index (κ2) is 7.83. The van der Waals surface area contributed by atoms with Gasteiger partial charge in [0.25, 0.3) is 5.91 Å². The van der Waals surface area contributed by atoms with Crippen molar-refractivity contribution in [3.63, 3.8) is 0 Å². The first-order valence-corrected chi connectivity index (χ1v) is 9.42. The van der Waals surface area contributed by atoms with Crippen molar-refractivity contribution >= 4 is 34.3 Å². The number of nitrogens with two attached hydrogens (primary N) is 1. The molecule has 1 amide bonds. The quantitative estimate of drug-likeness (QED) is 0.723. The molecule has 0 bridgehead atoms. The van der Waals surface area contributed by atoms with Gasteiger partial charge < -0.3 is 21.1 Å². The van der Waals surface area contributed by atoms with Crippen LogP contribution in [0.3, 0.4) is 0 Å². The summed E-state index contributed by atoms with van der Waals surface area (Å²) in [6.07, 6.45) is 2.29. The summed E-state index contributed by atoms with van der Waals surface area (Å²) in [5.41, 5.74) is 7.35. The Labute approximate surface area is 162 Å². The maximum atomic E-state index is 12.7. The van der Waals surface area contributed by atoms with E-state index in [9.17, 15) is 4.79 Å². The Balaban J connectivity index is 1.85. The maximum Gasteiger partial charge on any atom is 0.278 e. The first-order chi connectivity index (χ1) is 12.9. The molecular weight excluding hydrogens is 364 g/mol. The molecule has 2 aromatic rings. The van der Waals surface area contributed by atoms with Crippen molar-refractivity contribution in [2.75, 3.05) is 30.5 Å². The fourth-order valence-electron chi connectivity index (χ4n) is 2.83. The Morgan fingerprint density at radius 1 is 1.41 bits per heavy atom. The highest BCUT2D eigenvalue weighted by Crippen LogP contribution is 2.35. The van der Waals surface area contributed by atoms with Crippen LogP contribution < -0.4 is 21.1 Å². The molecule has 9 heteroatoms. The molecule has 0 saturated heterocycles. The summed E-state index contributed by atoms with van der Waals surface area (Å²) in [5.74, 6) is 1.22. The van der Waals surface area contributed by atoms with Crippen LogP contribution in [0.15, 0.2) is 35.5 Å². The number of hydrogen-bond acceptors (Lipinski definition) is 8. The Bertz CT molecular complexity index is 888. The van der Waals surface area contributed by atoms with Crippen LogP contribution in [-0.4, -0.2) is 41.0 Å². The van der Waals surface area contributed by atoms with E-state index in [1.807, 2.05) is 24.3 Å². The van der Waals surface area contributed by atoms with Gasteiger partial charge in [0.1, 0.15) is 0 Å². The molecular formula is C18H22N6O2S. The number of benzene rings is 1. The lowest BCUT2D eigenvalue weighted by Gasteiger charge is -2.30. The first kappa shape index (κ1) is 19.0. The van der Waals surface area contributed by atoms with Crippen molar-refractivity contribution in [3.8, 4) is 5.88 Å². The summed E-state index contributed by atoms with van der Waals surface area (Å²) in [6, 6.07) is 7.63. The molecule has 8 nitrogen and oxygen atoms in total. The average Bonchev–Trinajstić information content (AvgIpc) is 2.67. The number of methoxy groups -OCH3 is 1. The van der Waals surface area contributed by atoms with E-state index in [1.54, 1.807) is 18.8 Å². The zero-order chi connectivity index (χ0) is 19.4. The molecule has 0 fully saturated rings. The molecule has 0 aliphatic carbocycles. The monoisotopic (exact) mass is 386 g/mol. The van der Waals surface area contributed by atoms with E-state index in [2.05, 4.69) is 32.5 Å². The molecule has 1 aliphatic heterocycles. The van der Waals surface area contributed by atoms with Crippen LogP contribution in [0.2, 0.25) is 0 Å². The molecule has 1 aliphatic rings. The molecule has 142 valence electrons. The molecule has 1 aromatic heterocycles. The van der Waals surface area contributed by atoms with Crippen LogP contribution in [0.25, 0.3) is 0 Å². The number of rotatable bonds is 5. The van der Waals surface area contributed by atoms with Crippen molar-refractivity contribution in [2.45, 2.75) is 18.9 Å².